The first-order valence-electron chi connectivity index (χ1n) is 4.41. The van der Waals surface area contributed by atoms with Crippen LogP contribution in [0.5, 0.6) is 0 Å². The zero-order valence-corrected chi connectivity index (χ0v) is 12.3. The van der Waals surface area contributed by atoms with Crippen molar-refractivity contribution in [1.29, 1.82) is 0 Å². The molecule has 0 saturated heterocycles. The van der Waals surface area contributed by atoms with Crippen molar-refractivity contribution in [2.24, 2.45) is 0 Å². The summed E-state index contributed by atoms with van der Waals surface area (Å²) >= 11 is 7.74. The number of amides is 1. The number of carbonyl (C=O) groups excluding carboxylic acids is 1. The summed E-state index contributed by atoms with van der Waals surface area (Å²) in [5.41, 5.74) is 5.93. The molecule has 0 spiro atoms. The number of rotatable bonds is 2. The first-order valence-corrected chi connectivity index (χ1v) is 6.82. The summed E-state index contributed by atoms with van der Waals surface area (Å²) < 4.78 is 1.53. The molecule has 2 aromatic rings. The minimum atomic E-state index is -0.269. The Morgan fingerprint density at radius 3 is 2.76 bits per heavy atom. The summed E-state index contributed by atoms with van der Waals surface area (Å²) in [6.07, 6.45) is 0. The molecule has 0 saturated carbocycles. The lowest BCUT2D eigenvalue weighted by atomic mass is 10.2. The van der Waals surface area contributed by atoms with Crippen molar-refractivity contribution >= 4 is 59.4 Å². The Labute approximate surface area is 118 Å². The summed E-state index contributed by atoms with van der Waals surface area (Å²) in [6, 6.07) is 5.33. The Kier molecular flexibility index (Phi) is 3.75. The van der Waals surface area contributed by atoms with E-state index in [1.807, 2.05) is 6.07 Å². The van der Waals surface area contributed by atoms with Crippen molar-refractivity contribution in [3.05, 3.63) is 32.7 Å². The van der Waals surface area contributed by atoms with Gasteiger partial charge in [-0.25, -0.2) is 0 Å². The molecular formula is C9H6Br2N4OS. The predicted octanol–water partition coefficient (Wildman–Crippen LogP) is 2.90. The van der Waals surface area contributed by atoms with E-state index < -0.39 is 0 Å². The highest BCUT2D eigenvalue weighted by Crippen LogP contribution is 2.23. The number of anilines is 2. The van der Waals surface area contributed by atoms with Crippen LogP contribution in [0.1, 0.15) is 10.4 Å². The maximum atomic E-state index is 11.9. The number of carbonyl (C=O) groups is 1. The topological polar surface area (TPSA) is 80.9 Å². The second kappa shape index (κ2) is 5.11. The fraction of sp³-hybridized carbons (Fsp3) is 0. The number of nitrogens with one attached hydrogen (secondary N) is 1. The van der Waals surface area contributed by atoms with Gasteiger partial charge in [0.1, 0.15) is 0 Å². The Bertz CT molecular complexity index is 572. The van der Waals surface area contributed by atoms with Gasteiger partial charge in [-0.2, -0.15) is 0 Å². The molecule has 1 amide bonds. The lowest BCUT2D eigenvalue weighted by Gasteiger charge is -2.04. The van der Waals surface area contributed by atoms with Gasteiger partial charge < -0.3 is 5.73 Å². The molecule has 0 bridgehead atoms. The molecule has 17 heavy (non-hydrogen) atoms. The van der Waals surface area contributed by atoms with Crippen LogP contribution in [0.2, 0.25) is 0 Å². The average Bonchev–Trinajstić information content (AvgIpc) is 2.67. The van der Waals surface area contributed by atoms with Crippen LogP contribution in [0.4, 0.5) is 10.3 Å². The molecular weight excluding hydrogens is 372 g/mol. The van der Waals surface area contributed by atoms with Crippen molar-refractivity contribution in [2.75, 3.05) is 11.1 Å². The lowest BCUT2D eigenvalue weighted by Crippen LogP contribution is -2.12. The number of nitrogens with two attached hydrogens (primary N) is 1. The van der Waals surface area contributed by atoms with E-state index in [-0.39, 0.29) is 5.91 Å². The van der Waals surface area contributed by atoms with E-state index in [9.17, 15) is 4.79 Å². The van der Waals surface area contributed by atoms with Crippen LogP contribution in [0.3, 0.4) is 0 Å². The molecule has 0 radical (unpaired) electrons. The fourth-order valence-corrected chi connectivity index (χ4v) is 2.41. The number of halogens is 2. The van der Waals surface area contributed by atoms with E-state index in [2.05, 4.69) is 47.4 Å². The second-order valence-corrected chi connectivity index (χ2v) is 5.80. The van der Waals surface area contributed by atoms with E-state index in [1.54, 1.807) is 12.1 Å². The number of aromatic nitrogens is 2. The number of benzene rings is 1. The molecule has 3 N–H and O–H groups in total. The van der Waals surface area contributed by atoms with Crippen LogP contribution in [0.25, 0.3) is 0 Å². The number of nitrogens with zero attached hydrogens (tertiary/aromatic N) is 2. The zero-order valence-electron chi connectivity index (χ0n) is 8.28. The lowest BCUT2D eigenvalue weighted by molar-refractivity contribution is 0.102. The van der Waals surface area contributed by atoms with Gasteiger partial charge in [-0.3, -0.25) is 10.1 Å². The SMILES string of the molecule is Nc1nnc(NC(=O)c2cc(Br)ccc2Br)s1. The van der Waals surface area contributed by atoms with Crippen LogP contribution in [0, 0.1) is 0 Å². The van der Waals surface area contributed by atoms with E-state index in [0.29, 0.717) is 20.3 Å². The largest absolute Gasteiger partial charge is 0.374 e. The molecule has 1 heterocycles. The molecule has 0 fully saturated rings. The second-order valence-electron chi connectivity index (χ2n) is 3.02. The summed E-state index contributed by atoms with van der Waals surface area (Å²) in [5, 5.41) is 10.6. The Hall–Kier alpha value is -0.990. The molecule has 0 unspecified atom stereocenters. The summed E-state index contributed by atoms with van der Waals surface area (Å²) in [5.74, 6) is -0.269. The predicted molar refractivity (Wildman–Crippen MR) is 74.1 cm³/mol. The average molecular weight is 378 g/mol. The first-order chi connectivity index (χ1) is 8.06. The Balaban J connectivity index is 2.22. The zero-order chi connectivity index (χ0) is 12.4. The number of hydrogen-bond donors (Lipinski definition) is 2. The van der Waals surface area contributed by atoms with Gasteiger partial charge in [0.05, 0.1) is 5.56 Å². The maximum absolute atomic E-state index is 11.9. The third-order valence-electron chi connectivity index (χ3n) is 1.83. The quantitative estimate of drug-likeness (QED) is 0.843. The van der Waals surface area contributed by atoms with Crippen LogP contribution in [-0.2, 0) is 0 Å². The Morgan fingerprint density at radius 1 is 1.35 bits per heavy atom. The van der Waals surface area contributed by atoms with E-state index in [0.717, 1.165) is 15.8 Å². The van der Waals surface area contributed by atoms with Crippen molar-refractivity contribution in [3.8, 4) is 0 Å². The molecule has 8 heteroatoms. The number of hydrogen-bond acceptors (Lipinski definition) is 5. The number of nitrogen functional groups attached to an aromatic ring is 1. The van der Waals surface area contributed by atoms with Gasteiger partial charge in [-0.15, -0.1) is 10.2 Å². The smallest absolute Gasteiger partial charge is 0.258 e. The third kappa shape index (κ3) is 3.02. The standard InChI is InChI=1S/C9H6Br2N4OS/c10-4-1-2-6(11)5(3-4)7(16)13-9-15-14-8(12)17-9/h1-3H,(H2,12,14)(H,13,15,16). The van der Waals surface area contributed by atoms with E-state index in [1.165, 1.54) is 0 Å². The fourth-order valence-electron chi connectivity index (χ4n) is 1.12. The van der Waals surface area contributed by atoms with Gasteiger partial charge in [0, 0.05) is 8.95 Å². The molecule has 0 aliphatic rings. The van der Waals surface area contributed by atoms with Gasteiger partial charge in [-0.05, 0) is 34.1 Å². The van der Waals surface area contributed by atoms with Crippen LogP contribution in [0.15, 0.2) is 27.1 Å². The highest BCUT2D eigenvalue weighted by molar-refractivity contribution is 9.11. The summed E-state index contributed by atoms with van der Waals surface area (Å²) in [7, 11) is 0. The summed E-state index contributed by atoms with van der Waals surface area (Å²) in [6.45, 7) is 0. The van der Waals surface area contributed by atoms with Gasteiger partial charge in [0.25, 0.3) is 5.91 Å². The minimum absolute atomic E-state index is 0.269. The normalized spacial score (nSPS) is 10.2. The summed E-state index contributed by atoms with van der Waals surface area (Å²) in [4.78, 5) is 11.9. The van der Waals surface area contributed by atoms with Crippen LogP contribution >= 0.6 is 43.2 Å². The molecule has 0 atom stereocenters. The van der Waals surface area contributed by atoms with E-state index >= 15 is 0 Å². The van der Waals surface area contributed by atoms with Crippen LogP contribution in [-0.4, -0.2) is 16.1 Å². The Morgan fingerprint density at radius 2 is 2.12 bits per heavy atom. The van der Waals surface area contributed by atoms with E-state index in [4.69, 9.17) is 5.73 Å². The van der Waals surface area contributed by atoms with Crippen molar-refractivity contribution in [3.63, 3.8) is 0 Å². The molecule has 1 aromatic carbocycles. The van der Waals surface area contributed by atoms with Gasteiger partial charge in [0.2, 0.25) is 10.3 Å². The highest BCUT2D eigenvalue weighted by atomic mass is 79.9. The third-order valence-corrected chi connectivity index (χ3v) is 3.69. The van der Waals surface area contributed by atoms with Gasteiger partial charge >= 0.3 is 0 Å². The molecule has 0 aliphatic carbocycles. The van der Waals surface area contributed by atoms with Crippen molar-refractivity contribution in [1.82, 2.24) is 10.2 Å². The maximum Gasteiger partial charge on any atom is 0.258 e. The van der Waals surface area contributed by atoms with Gasteiger partial charge in [-0.1, -0.05) is 27.3 Å². The first kappa shape index (κ1) is 12.5. The van der Waals surface area contributed by atoms with Crippen molar-refractivity contribution < 1.29 is 4.79 Å². The molecule has 5 nitrogen and oxygen atoms in total. The molecule has 2 rings (SSSR count). The van der Waals surface area contributed by atoms with Crippen molar-refractivity contribution in [2.45, 2.75) is 0 Å². The molecule has 1 aromatic heterocycles. The molecule has 88 valence electrons. The highest BCUT2D eigenvalue weighted by Gasteiger charge is 2.12. The van der Waals surface area contributed by atoms with Gasteiger partial charge in [0.15, 0.2) is 0 Å². The monoisotopic (exact) mass is 376 g/mol. The minimum Gasteiger partial charge on any atom is -0.374 e. The molecule has 0 aliphatic heterocycles. The van der Waals surface area contributed by atoms with Crippen LogP contribution < -0.4 is 11.1 Å².